The fourth-order valence-corrected chi connectivity index (χ4v) is 8.77. The summed E-state index contributed by atoms with van der Waals surface area (Å²) in [6, 6.07) is 39.7. The van der Waals surface area contributed by atoms with Gasteiger partial charge in [-0.25, -0.2) is 0 Å². The molecule has 0 amide bonds. The number of aromatic nitrogens is 1. The molecular weight excluding hydrogens is 494 g/mol. The van der Waals surface area contributed by atoms with Crippen molar-refractivity contribution in [3.05, 3.63) is 147 Å². The topological polar surface area (TPSA) is 21.5 Å². The maximum atomic E-state index is 14.2. The quantitative estimate of drug-likeness (QED) is 0.199. The van der Waals surface area contributed by atoms with Gasteiger partial charge in [0.2, 0.25) is 0 Å². The lowest BCUT2D eigenvalue weighted by Gasteiger charge is -2.30. The summed E-state index contributed by atoms with van der Waals surface area (Å²) in [6.07, 6.45) is 0. The molecular formula is C36H19NOS. The Hall–Kier alpha value is -4.73. The minimum atomic E-state index is -0.418. The highest BCUT2D eigenvalue weighted by atomic mass is 32.1. The first-order valence-electron chi connectivity index (χ1n) is 13.3. The monoisotopic (exact) mass is 513 g/mol. The van der Waals surface area contributed by atoms with E-state index in [0.717, 1.165) is 37.3 Å². The molecule has 0 saturated carbocycles. The Morgan fingerprint density at radius 1 is 0.513 bits per heavy atom. The lowest BCUT2D eigenvalue weighted by atomic mass is 9.70. The molecule has 2 nitrogen and oxygen atoms in total. The van der Waals surface area contributed by atoms with Crippen LogP contribution in [0.5, 0.6) is 0 Å². The summed E-state index contributed by atoms with van der Waals surface area (Å²) in [5.74, 6) is 0. The van der Waals surface area contributed by atoms with Gasteiger partial charge in [0, 0.05) is 27.1 Å². The number of pyridine rings is 1. The van der Waals surface area contributed by atoms with Gasteiger partial charge in [0.1, 0.15) is 4.70 Å². The number of para-hydroxylation sites is 1. The van der Waals surface area contributed by atoms with Crippen LogP contribution < -0.4 is 5.56 Å². The first-order valence-corrected chi connectivity index (χ1v) is 14.2. The predicted octanol–water partition coefficient (Wildman–Crippen LogP) is 8.60. The maximum absolute atomic E-state index is 14.2. The van der Waals surface area contributed by atoms with Gasteiger partial charge in [-0.05, 0) is 50.4 Å². The molecule has 3 aromatic heterocycles. The Balaban J connectivity index is 1.51. The van der Waals surface area contributed by atoms with E-state index in [1.807, 2.05) is 9.78 Å². The molecule has 0 bridgehead atoms. The van der Waals surface area contributed by atoms with Gasteiger partial charge in [-0.2, -0.15) is 0 Å². The molecule has 3 heterocycles. The molecule has 1 spiro atoms. The van der Waals surface area contributed by atoms with Crippen LogP contribution >= 0.6 is 11.3 Å². The molecule has 5 aromatic carbocycles. The van der Waals surface area contributed by atoms with Crippen LogP contribution in [0, 0.1) is 0 Å². The third kappa shape index (κ3) is 2.07. The van der Waals surface area contributed by atoms with Crippen molar-refractivity contribution in [2.45, 2.75) is 5.41 Å². The van der Waals surface area contributed by atoms with Crippen molar-refractivity contribution in [1.82, 2.24) is 4.40 Å². The van der Waals surface area contributed by atoms with Crippen molar-refractivity contribution >= 4 is 48.6 Å². The van der Waals surface area contributed by atoms with Crippen LogP contribution in [0.1, 0.15) is 22.3 Å². The third-order valence-electron chi connectivity index (χ3n) is 9.26. The van der Waals surface area contributed by atoms with Gasteiger partial charge in [0.05, 0.1) is 16.4 Å². The highest BCUT2D eigenvalue weighted by molar-refractivity contribution is 7.17. The van der Waals surface area contributed by atoms with E-state index in [2.05, 4.69) is 109 Å². The van der Waals surface area contributed by atoms with Crippen LogP contribution in [0.3, 0.4) is 0 Å². The molecule has 10 rings (SSSR count). The van der Waals surface area contributed by atoms with Gasteiger partial charge in [0.25, 0.3) is 5.56 Å². The number of fused-ring (bicyclic) bond motifs is 16. The van der Waals surface area contributed by atoms with E-state index < -0.39 is 5.41 Å². The fraction of sp³-hybridized carbons (Fsp3) is 0.0278. The maximum Gasteiger partial charge on any atom is 0.273 e. The molecule has 0 fully saturated rings. The van der Waals surface area contributed by atoms with Crippen molar-refractivity contribution in [2.24, 2.45) is 0 Å². The van der Waals surface area contributed by atoms with E-state index >= 15 is 0 Å². The molecule has 0 aliphatic heterocycles. The first-order chi connectivity index (χ1) is 19.3. The second-order valence-corrected chi connectivity index (χ2v) is 11.7. The summed E-state index contributed by atoms with van der Waals surface area (Å²) >= 11 is 1.54. The lowest BCUT2D eigenvalue weighted by Crippen LogP contribution is -2.25. The molecule has 0 atom stereocenters. The number of thiophene rings is 1. The van der Waals surface area contributed by atoms with Gasteiger partial charge in [0.15, 0.2) is 0 Å². The van der Waals surface area contributed by atoms with E-state index in [1.54, 1.807) is 11.3 Å². The second-order valence-electron chi connectivity index (χ2n) is 10.8. The van der Waals surface area contributed by atoms with Crippen LogP contribution in [0.4, 0.5) is 0 Å². The minimum absolute atomic E-state index is 0.0813. The van der Waals surface area contributed by atoms with Crippen molar-refractivity contribution in [2.75, 3.05) is 0 Å². The normalized spacial score (nSPS) is 14.5. The molecule has 2 aliphatic rings. The lowest BCUT2D eigenvalue weighted by molar-refractivity contribution is 0.794. The molecule has 8 aromatic rings. The minimum Gasteiger partial charge on any atom is -0.274 e. The van der Waals surface area contributed by atoms with Gasteiger partial charge in [-0.1, -0.05) is 103 Å². The first kappa shape index (κ1) is 20.3. The van der Waals surface area contributed by atoms with E-state index in [1.165, 1.54) is 44.5 Å². The molecule has 2 aliphatic carbocycles. The van der Waals surface area contributed by atoms with Crippen LogP contribution in [0.15, 0.2) is 119 Å². The predicted molar refractivity (Wildman–Crippen MR) is 162 cm³/mol. The van der Waals surface area contributed by atoms with Crippen molar-refractivity contribution in [3.8, 4) is 22.3 Å². The van der Waals surface area contributed by atoms with Crippen LogP contribution in [-0.2, 0) is 5.41 Å². The Morgan fingerprint density at radius 3 is 1.82 bits per heavy atom. The zero-order valence-electron chi connectivity index (χ0n) is 20.7. The van der Waals surface area contributed by atoms with Gasteiger partial charge < -0.3 is 0 Å². The van der Waals surface area contributed by atoms with Gasteiger partial charge in [-0.15, -0.1) is 11.3 Å². The highest BCUT2D eigenvalue weighted by Crippen LogP contribution is 2.63. The summed E-state index contributed by atoms with van der Waals surface area (Å²) < 4.78 is 2.85. The summed E-state index contributed by atoms with van der Waals surface area (Å²) in [5, 5.41) is 6.52. The molecule has 39 heavy (non-hydrogen) atoms. The summed E-state index contributed by atoms with van der Waals surface area (Å²) in [6.45, 7) is 0. The Morgan fingerprint density at radius 2 is 1.10 bits per heavy atom. The standard InChI is InChI=1S/C36H19NOS/c38-35-34-25(18-19-39-34)23-12-7-11-22-24-16-17-30-31(33(24)37(35)32(22)23)26-10-3-6-15-29(26)36(30)27-13-4-1-8-20(27)21-9-2-5-14-28(21)36/h1-19H. The number of benzene rings is 5. The number of hydrogen-bond donors (Lipinski definition) is 0. The van der Waals surface area contributed by atoms with Gasteiger partial charge in [-0.3, -0.25) is 9.20 Å². The van der Waals surface area contributed by atoms with Crippen molar-refractivity contribution < 1.29 is 0 Å². The smallest absolute Gasteiger partial charge is 0.273 e. The summed E-state index contributed by atoms with van der Waals surface area (Å²) in [7, 11) is 0. The number of rotatable bonds is 0. The average Bonchev–Trinajstić information content (AvgIpc) is 3.74. The SMILES string of the molecule is O=c1c2sccc2c2cccc3c4ccc5c(c4n1c23)-c1ccccc1C51c2ccccc2-c2ccccc21. The van der Waals surface area contributed by atoms with Crippen LogP contribution in [0.25, 0.3) is 59.5 Å². The Bertz CT molecular complexity index is 2380. The van der Waals surface area contributed by atoms with E-state index in [4.69, 9.17) is 0 Å². The van der Waals surface area contributed by atoms with Crippen LogP contribution in [0.2, 0.25) is 0 Å². The van der Waals surface area contributed by atoms with Gasteiger partial charge >= 0.3 is 0 Å². The largest absolute Gasteiger partial charge is 0.274 e. The zero-order valence-corrected chi connectivity index (χ0v) is 21.5. The second kappa shape index (κ2) is 6.63. The Kier molecular flexibility index (Phi) is 3.45. The molecule has 0 radical (unpaired) electrons. The molecule has 0 saturated heterocycles. The third-order valence-corrected chi connectivity index (χ3v) is 10.2. The summed E-state index contributed by atoms with van der Waals surface area (Å²) in [5.41, 5.74) is 11.9. The van der Waals surface area contributed by atoms with E-state index in [-0.39, 0.29) is 5.56 Å². The van der Waals surface area contributed by atoms with E-state index in [9.17, 15) is 4.79 Å². The summed E-state index contributed by atoms with van der Waals surface area (Å²) in [4.78, 5) is 14.2. The van der Waals surface area contributed by atoms with Crippen molar-refractivity contribution in [3.63, 3.8) is 0 Å². The average molecular weight is 514 g/mol. The molecule has 180 valence electrons. The molecule has 0 N–H and O–H groups in total. The highest BCUT2D eigenvalue weighted by Gasteiger charge is 2.52. The van der Waals surface area contributed by atoms with Crippen molar-refractivity contribution in [1.29, 1.82) is 0 Å². The van der Waals surface area contributed by atoms with E-state index in [0.29, 0.717) is 0 Å². The fourth-order valence-electron chi connectivity index (χ4n) is 7.94. The molecule has 3 heteroatoms. The number of hydrogen-bond acceptors (Lipinski definition) is 2. The number of nitrogens with zero attached hydrogens (tertiary/aromatic N) is 1. The van der Waals surface area contributed by atoms with Crippen LogP contribution in [-0.4, -0.2) is 4.40 Å². The molecule has 0 unspecified atom stereocenters. The Labute approximate surface area is 227 Å². The zero-order chi connectivity index (χ0) is 25.5.